The van der Waals surface area contributed by atoms with Crippen LogP contribution >= 0.6 is 7.14 Å². The lowest BCUT2D eigenvalue weighted by Gasteiger charge is -2.22. The Morgan fingerprint density at radius 2 is 2.06 bits per heavy atom. The predicted octanol–water partition coefficient (Wildman–Crippen LogP) is -0.821. The molecule has 31 heavy (non-hydrogen) atoms. The minimum absolute atomic E-state index is 0.285. The van der Waals surface area contributed by atoms with Gasteiger partial charge in [-0.1, -0.05) is 0 Å². The average molecular weight is 460 g/mol. The summed E-state index contributed by atoms with van der Waals surface area (Å²) in [6.45, 7) is 5.59. The number of nitrogens with one attached hydrogen (secondary N) is 2. The summed E-state index contributed by atoms with van der Waals surface area (Å²) < 4.78 is 24.8. The maximum Gasteiger partial charge on any atom is 0.330 e. The maximum absolute atomic E-state index is 12.4. The summed E-state index contributed by atoms with van der Waals surface area (Å²) in [6.07, 6.45) is -1.98. The molecule has 0 spiro atoms. The van der Waals surface area contributed by atoms with Gasteiger partial charge in [-0.2, -0.15) is 0 Å². The number of rotatable bonds is 10. The number of carbonyl (C=O) groups excluding carboxylic acids is 1. The van der Waals surface area contributed by atoms with Crippen molar-refractivity contribution in [3.05, 3.63) is 32.6 Å². The number of H-pyrrole nitrogens is 1. The van der Waals surface area contributed by atoms with Crippen molar-refractivity contribution < 1.29 is 23.9 Å². The summed E-state index contributed by atoms with van der Waals surface area (Å²) in [5, 5.41) is 13.5. The number of amides is 1. The van der Waals surface area contributed by atoms with Gasteiger partial charge in [-0.25, -0.2) is 4.79 Å². The lowest BCUT2D eigenvalue weighted by molar-refractivity contribution is -0.133. The number of hydrogen-bond acceptors (Lipinski definition) is 8. The van der Waals surface area contributed by atoms with E-state index in [-0.39, 0.29) is 18.1 Å². The quantitative estimate of drug-likeness (QED) is 0.385. The summed E-state index contributed by atoms with van der Waals surface area (Å²) in [6, 6.07) is 0. The van der Waals surface area contributed by atoms with Crippen LogP contribution in [0.15, 0.2) is 15.8 Å². The second-order valence-corrected chi connectivity index (χ2v) is 12.1. The predicted molar refractivity (Wildman–Crippen MR) is 116 cm³/mol. The molecule has 176 valence electrons. The molecular formula is C19H33N4O7P. The molecule has 1 fully saturated rings. The molecule has 0 saturated carbocycles. The number of aromatic nitrogens is 2. The third kappa shape index (κ3) is 7.40. The SMILES string of the molecule is Cc1cn([C@@H]2O[C@H](CCP(C)(C)=O)[C@@H](O)[C@H]2OCC(=O)NCCN(C)C)c(=O)[nH]c1=O. The van der Waals surface area contributed by atoms with Crippen molar-refractivity contribution in [1.29, 1.82) is 0 Å². The first-order valence-electron chi connectivity index (χ1n) is 10.1. The van der Waals surface area contributed by atoms with Crippen molar-refractivity contribution in [3.8, 4) is 0 Å². The van der Waals surface area contributed by atoms with E-state index in [1.54, 1.807) is 13.3 Å². The smallest absolute Gasteiger partial charge is 0.330 e. The standard InChI is InChI=1S/C19H33N4O7P/c1-12-10-23(19(27)21-17(12)26)18-16(29-11-14(24)20-7-8-22(2)3)15(25)13(30-18)6-9-31(4,5)28/h10,13,15-16,18,25H,6-9,11H2,1-5H3,(H,20,24)(H,21,26,27)/t13-,15-,16-,18-/m1/s1. The number of hydrogen-bond donors (Lipinski definition) is 3. The molecule has 2 heterocycles. The van der Waals surface area contributed by atoms with Gasteiger partial charge in [0, 0.05) is 31.0 Å². The van der Waals surface area contributed by atoms with Gasteiger partial charge in [0.2, 0.25) is 5.91 Å². The fourth-order valence-electron chi connectivity index (χ4n) is 3.22. The number of aliphatic hydroxyl groups is 1. The first-order valence-corrected chi connectivity index (χ1v) is 12.9. The van der Waals surface area contributed by atoms with E-state index in [4.69, 9.17) is 9.47 Å². The highest BCUT2D eigenvalue weighted by atomic mass is 31.2. The minimum atomic E-state index is -2.35. The third-order valence-electron chi connectivity index (χ3n) is 4.97. The van der Waals surface area contributed by atoms with Crippen LogP contribution in [0.1, 0.15) is 18.2 Å². The second kappa shape index (κ2) is 10.7. The van der Waals surface area contributed by atoms with Gasteiger partial charge in [0.25, 0.3) is 5.56 Å². The van der Waals surface area contributed by atoms with E-state index in [2.05, 4.69) is 10.3 Å². The Balaban J connectivity index is 2.18. The van der Waals surface area contributed by atoms with Crippen LogP contribution in [0, 0.1) is 6.92 Å². The van der Waals surface area contributed by atoms with Crippen molar-refractivity contribution in [2.45, 2.75) is 37.9 Å². The van der Waals surface area contributed by atoms with Gasteiger partial charge < -0.3 is 29.4 Å². The Morgan fingerprint density at radius 1 is 1.39 bits per heavy atom. The zero-order valence-corrected chi connectivity index (χ0v) is 19.6. The van der Waals surface area contributed by atoms with E-state index < -0.39 is 42.9 Å². The van der Waals surface area contributed by atoms with Crippen molar-refractivity contribution in [3.63, 3.8) is 0 Å². The number of aryl methyl sites for hydroxylation is 1. The number of aliphatic hydroxyl groups excluding tert-OH is 1. The van der Waals surface area contributed by atoms with Gasteiger partial charge in [-0.15, -0.1) is 0 Å². The Hall–Kier alpha value is -1.78. The molecule has 1 aromatic heterocycles. The highest BCUT2D eigenvalue weighted by molar-refractivity contribution is 7.62. The van der Waals surface area contributed by atoms with E-state index in [9.17, 15) is 24.1 Å². The van der Waals surface area contributed by atoms with Crippen LogP contribution in [0.2, 0.25) is 0 Å². The van der Waals surface area contributed by atoms with Gasteiger partial charge in [0.05, 0.1) is 13.2 Å². The molecule has 1 amide bonds. The Morgan fingerprint density at radius 3 is 2.68 bits per heavy atom. The first kappa shape index (κ1) is 25.5. The Bertz CT molecular complexity index is 923. The molecule has 0 unspecified atom stereocenters. The van der Waals surface area contributed by atoms with Gasteiger partial charge in [-0.3, -0.25) is 19.1 Å². The molecule has 0 radical (unpaired) electrons. The fourth-order valence-corrected chi connectivity index (χ4v) is 4.09. The van der Waals surface area contributed by atoms with Crippen molar-refractivity contribution in [2.24, 2.45) is 0 Å². The molecule has 0 aromatic carbocycles. The summed E-state index contributed by atoms with van der Waals surface area (Å²) >= 11 is 0. The van der Waals surface area contributed by atoms with Gasteiger partial charge >= 0.3 is 5.69 Å². The van der Waals surface area contributed by atoms with Crippen LogP contribution in [-0.2, 0) is 18.8 Å². The highest BCUT2D eigenvalue weighted by Gasteiger charge is 2.46. The van der Waals surface area contributed by atoms with Crippen LogP contribution in [0.5, 0.6) is 0 Å². The van der Waals surface area contributed by atoms with Crippen molar-refractivity contribution in [2.75, 3.05) is 53.3 Å². The molecule has 3 N–H and O–H groups in total. The molecular weight excluding hydrogens is 427 g/mol. The lowest BCUT2D eigenvalue weighted by atomic mass is 10.1. The normalized spacial score (nSPS) is 24.0. The average Bonchev–Trinajstić information content (AvgIpc) is 2.96. The fraction of sp³-hybridized carbons (Fsp3) is 0.737. The van der Waals surface area contributed by atoms with E-state index in [0.29, 0.717) is 25.7 Å². The molecule has 1 aliphatic rings. The lowest BCUT2D eigenvalue weighted by Crippen LogP contribution is -2.42. The summed E-state index contributed by atoms with van der Waals surface area (Å²) in [5.74, 6) is -0.368. The molecule has 12 heteroatoms. The molecule has 1 aromatic rings. The van der Waals surface area contributed by atoms with Crippen molar-refractivity contribution >= 4 is 13.0 Å². The molecule has 4 atom stereocenters. The first-order chi connectivity index (χ1) is 14.4. The van der Waals surface area contributed by atoms with E-state index in [0.717, 1.165) is 4.57 Å². The van der Waals surface area contributed by atoms with Crippen LogP contribution in [0.25, 0.3) is 0 Å². The number of nitrogens with zero attached hydrogens (tertiary/aromatic N) is 2. The van der Waals surface area contributed by atoms with Gasteiger partial charge in [-0.05, 0) is 40.8 Å². The number of likely N-dealkylation sites (N-methyl/N-ethyl adjacent to an activating group) is 1. The van der Waals surface area contributed by atoms with Gasteiger partial charge in [0.15, 0.2) is 6.23 Å². The highest BCUT2D eigenvalue weighted by Crippen LogP contribution is 2.40. The molecule has 0 aliphatic carbocycles. The maximum atomic E-state index is 12.4. The van der Waals surface area contributed by atoms with Crippen molar-refractivity contribution in [1.82, 2.24) is 19.8 Å². The van der Waals surface area contributed by atoms with Crippen LogP contribution < -0.4 is 16.6 Å². The minimum Gasteiger partial charge on any atom is -0.388 e. The largest absolute Gasteiger partial charge is 0.388 e. The van der Waals surface area contributed by atoms with Crippen LogP contribution in [0.4, 0.5) is 0 Å². The number of carbonyl (C=O) groups is 1. The third-order valence-corrected chi connectivity index (χ3v) is 6.31. The second-order valence-electron chi connectivity index (χ2n) is 8.55. The van der Waals surface area contributed by atoms with Gasteiger partial charge in [0.1, 0.15) is 18.8 Å². The summed E-state index contributed by atoms with van der Waals surface area (Å²) in [4.78, 5) is 40.3. The zero-order chi connectivity index (χ0) is 23.3. The number of ether oxygens (including phenoxy) is 2. The monoisotopic (exact) mass is 460 g/mol. The van der Waals surface area contributed by atoms with E-state index in [1.165, 1.54) is 13.1 Å². The zero-order valence-electron chi connectivity index (χ0n) is 18.7. The van der Waals surface area contributed by atoms with E-state index >= 15 is 0 Å². The number of aromatic amines is 1. The molecule has 2 rings (SSSR count). The Labute approximate surface area is 181 Å². The topological polar surface area (TPSA) is 143 Å². The summed E-state index contributed by atoms with van der Waals surface area (Å²) in [5.41, 5.74) is -0.950. The van der Waals surface area contributed by atoms with Crippen LogP contribution in [0.3, 0.4) is 0 Å². The van der Waals surface area contributed by atoms with E-state index in [1.807, 2.05) is 19.0 Å². The molecule has 1 aliphatic heterocycles. The molecule has 11 nitrogen and oxygen atoms in total. The molecule has 0 bridgehead atoms. The van der Waals surface area contributed by atoms with Crippen LogP contribution in [-0.4, -0.2) is 97.1 Å². The summed E-state index contributed by atoms with van der Waals surface area (Å²) in [7, 11) is 1.42. The Kier molecular flexibility index (Phi) is 8.79. The molecule has 1 saturated heterocycles.